The number of carbonyl (C=O) groups is 1. The van der Waals surface area contributed by atoms with E-state index >= 15 is 0 Å². The van der Waals surface area contributed by atoms with E-state index in [9.17, 15) is 13.2 Å². The molecule has 158 valence electrons. The van der Waals surface area contributed by atoms with E-state index in [0.717, 1.165) is 34.3 Å². The normalized spacial score (nSPS) is 12.6. The van der Waals surface area contributed by atoms with Gasteiger partial charge in [0, 0.05) is 6.54 Å². The molecule has 1 atom stereocenters. The summed E-state index contributed by atoms with van der Waals surface area (Å²) < 4.78 is 30.9. The summed E-state index contributed by atoms with van der Waals surface area (Å²) in [5.74, 6) is 0.458. The molecular weight excluding hydrogens is 388 g/mol. The monoisotopic (exact) mass is 418 g/mol. The third-order valence-electron chi connectivity index (χ3n) is 4.83. The fraction of sp³-hybridized carbons (Fsp3) is 0.409. The number of amides is 1. The second kappa shape index (κ2) is 9.89. The number of methoxy groups -OCH3 is 1. The van der Waals surface area contributed by atoms with Crippen LogP contribution >= 0.6 is 0 Å². The molecule has 0 aromatic heterocycles. The first kappa shape index (κ1) is 22.9. The van der Waals surface area contributed by atoms with E-state index in [2.05, 4.69) is 5.32 Å². The second-order valence-electron chi connectivity index (χ2n) is 7.27. The van der Waals surface area contributed by atoms with E-state index in [0.29, 0.717) is 6.42 Å². The van der Waals surface area contributed by atoms with Gasteiger partial charge in [-0.15, -0.1) is 0 Å². The van der Waals surface area contributed by atoms with Crippen LogP contribution in [0.5, 0.6) is 5.75 Å². The maximum absolute atomic E-state index is 12.7. The Morgan fingerprint density at radius 1 is 1.14 bits per heavy atom. The third-order valence-corrected chi connectivity index (χ3v) is 6.03. The molecule has 2 aromatic carbocycles. The van der Waals surface area contributed by atoms with Gasteiger partial charge in [0.25, 0.3) is 0 Å². The van der Waals surface area contributed by atoms with Gasteiger partial charge in [-0.25, -0.2) is 8.42 Å². The van der Waals surface area contributed by atoms with Crippen molar-refractivity contribution in [2.24, 2.45) is 0 Å². The topological polar surface area (TPSA) is 75.7 Å². The van der Waals surface area contributed by atoms with E-state index in [1.165, 1.54) is 4.31 Å². The third kappa shape index (κ3) is 6.58. The Kier molecular flexibility index (Phi) is 7.81. The molecule has 1 N–H and O–H groups in total. The number of sulfonamides is 1. The Morgan fingerprint density at radius 2 is 1.79 bits per heavy atom. The quantitative estimate of drug-likeness (QED) is 0.678. The van der Waals surface area contributed by atoms with Crippen molar-refractivity contribution in [2.75, 3.05) is 19.9 Å². The van der Waals surface area contributed by atoms with Gasteiger partial charge in [0.15, 0.2) is 0 Å². The molecule has 0 spiro atoms. The summed E-state index contributed by atoms with van der Waals surface area (Å²) in [7, 11) is -1.92. The van der Waals surface area contributed by atoms with E-state index in [4.69, 9.17) is 4.74 Å². The van der Waals surface area contributed by atoms with Crippen molar-refractivity contribution in [1.29, 1.82) is 0 Å². The number of nitrogens with zero attached hydrogens (tertiary/aromatic N) is 1. The molecule has 0 radical (unpaired) electrons. The second-order valence-corrected chi connectivity index (χ2v) is 9.26. The van der Waals surface area contributed by atoms with Gasteiger partial charge < -0.3 is 10.1 Å². The zero-order valence-corrected chi connectivity index (χ0v) is 18.5. The Morgan fingerprint density at radius 3 is 2.31 bits per heavy atom. The highest BCUT2D eigenvalue weighted by molar-refractivity contribution is 7.88. The SMILES string of the molecule is CC[C@@H](NC(=O)CN(Cc1ccc(C)cc1)S(C)(=O)=O)c1ccc(OC)c(C)c1. The number of ether oxygens (including phenoxy) is 1. The van der Waals surface area contributed by atoms with Crippen LogP contribution in [0.2, 0.25) is 0 Å². The first-order valence-electron chi connectivity index (χ1n) is 9.58. The summed E-state index contributed by atoms with van der Waals surface area (Å²) in [6, 6.07) is 13.2. The van der Waals surface area contributed by atoms with Crippen molar-refractivity contribution >= 4 is 15.9 Å². The van der Waals surface area contributed by atoms with Crippen molar-refractivity contribution in [3.8, 4) is 5.75 Å². The number of nitrogens with one attached hydrogen (secondary N) is 1. The lowest BCUT2D eigenvalue weighted by Crippen LogP contribution is -2.41. The van der Waals surface area contributed by atoms with Crippen molar-refractivity contribution in [3.63, 3.8) is 0 Å². The van der Waals surface area contributed by atoms with Gasteiger partial charge in [0.05, 0.1) is 26.0 Å². The van der Waals surface area contributed by atoms with Crippen LogP contribution in [-0.4, -0.2) is 38.5 Å². The average Bonchev–Trinajstić information content (AvgIpc) is 2.66. The van der Waals surface area contributed by atoms with E-state index < -0.39 is 10.0 Å². The fourth-order valence-corrected chi connectivity index (χ4v) is 3.86. The number of rotatable bonds is 9. The van der Waals surface area contributed by atoms with Gasteiger partial charge in [-0.1, -0.05) is 48.9 Å². The maximum atomic E-state index is 12.7. The van der Waals surface area contributed by atoms with Crippen LogP contribution in [0.4, 0.5) is 0 Å². The van der Waals surface area contributed by atoms with Gasteiger partial charge in [-0.3, -0.25) is 4.79 Å². The van der Waals surface area contributed by atoms with E-state index in [1.807, 2.05) is 63.2 Å². The molecule has 0 fully saturated rings. The summed E-state index contributed by atoms with van der Waals surface area (Å²) in [4.78, 5) is 12.7. The van der Waals surface area contributed by atoms with Crippen LogP contribution in [0.15, 0.2) is 42.5 Å². The lowest BCUT2D eigenvalue weighted by atomic mass is 10.0. The van der Waals surface area contributed by atoms with Crippen molar-refractivity contribution in [3.05, 3.63) is 64.7 Å². The lowest BCUT2D eigenvalue weighted by Gasteiger charge is -2.23. The number of aryl methyl sites for hydroxylation is 2. The maximum Gasteiger partial charge on any atom is 0.235 e. The number of hydrogen-bond donors (Lipinski definition) is 1. The molecule has 0 unspecified atom stereocenters. The van der Waals surface area contributed by atoms with Crippen molar-refractivity contribution in [1.82, 2.24) is 9.62 Å². The molecule has 1 amide bonds. The molecule has 0 saturated heterocycles. The predicted octanol–water partition coefficient (Wildman–Crippen LogP) is 3.34. The molecular formula is C22H30N2O4S. The molecule has 0 bridgehead atoms. The smallest absolute Gasteiger partial charge is 0.235 e. The van der Waals surface area contributed by atoms with Crippen LogP contribution < -0.4 is 10.1 Å². The van der Waals surface area contributed by atoms with Crippen LogP contribution in [-0.2, 0) is 21.4 Å². The molecule has 6 nitrogen and oxygen atoms in total. The molecule has 29 heavy (non-hydrogen) atoms. The zero-order valence-electron chi connectivity index (χ0n) is 17.7. The Balaban J connectivity index is 2.11. The molecule has 0 saturated carbocycles. The molecule has 0 aliphatic heterocycles. The summed E-state index contributed by atoms with van der Waals surface area (Å²) in [6.45, 7) is 5.83. The average molecular weight is 419 g/mol. The fourth-order valence-electron chi connectivity index (χ4n) is 3.13. The summed E-state index contributed by atoms with van der Waals surface area (Å²) in [5, 5.41) is 2.96. The molecule has 0 aliphatic carbocycles. The van der Waals surface area contributed by atoms with Crippen molar-refractivity contribution < 1.29 is 17.9 Å². The largest absolute Gasteiger partial charge is 0.496 e. The van der Waals surface area contributed by atoms with Crippen LogP contribution in [0, 0.1) is 13.8 Å². The number of carbonyl (C=O) groups excluding carboxylic acids is 1. The Labute approximate surface area is 173 Å². The molecule has 2 aromatic rings. The highest BCUT2D eigenvalue weighted by Crippen LogP contribution is 2.24. The van der Waals surface area contributed by atoms with Gasteiger partial charge in [0.1, 0.15) is 5.75 Å². The van der Waals surface area contributed by atoms with Gasteiger partial charge in [0.2, 0.25) is 15.9 Å². The first-order chi connectivity index (χ1) is 13.6. The van der Waals surface area contributed by atoms with Crippen LogP contribution in [0.25, 0.3) is 0 Å². The first-order valence-corrected chi connectivity index (χ1v) is 11.4. The summed E-state index contributed by atoms with van der Waals surface area (Å²) >= 11 is 0. The minimum absolute atomic E-state index is 0.158. The van der Waals surface area contributed by atoms with Gasteiger partial charge >= 0.3 is 0 Å². The van der Waals surface area contributed by atoms with Crippen LogP contribution in [0.3, 0.4) is 0 Å². The van der Waals surface area contributed by atoms with E-state index in [-0.39, 0.29) is 25.0 Å². The standard InChI is InChI=1S/C22H30N2O4S/c1-6-20(19-11-12-21(28-4)17(3)13-19)23-22(25)15-24(29(5,26)27)14-18-9-7-16(2)8-10-18/h7-13,20H,6,14-15H2,1-5H3,(H,23,25)/t20-/m1/s1. The molecule has 7 heteroatoms. The highest BCUT2D eigenvalue weighted by Gasteiger charge is 2.22. The summed E-state index contributed by atoms with van der Waals surface area (Å²) in [6.07, 6.45) is 1.81. The minimum Gasteiger partial charge on any atom is -0.496 e. The van der Waals surface area contributed by atoms with Crippen molar-refractivity contribution in [2.45, 2.75) is 39.8 Å². The predicted molar refractivity (Wildman–Crippen MR) is 115 cm³/mol. The van der Waals surface area contributed by atoms with Gasteiger partial charge in [-0.2, -0.15) is 4.31 Å². The molecule has 2 rings (SSSR count). The summed E-state index contributed by atoms with van der Waals surface area (Å²) in [5.41, 5.74) is 3.88. The molecule has 0 aliphatic rings. The lowest BCUT2D eigenvalue weighted by molar-refractivity contribution is -0.122. The minimum atomic E-state index is -3.54. The Hall–Kier alpha value is -2.38. The Bertz CT molecular complexity index is 940. The van der Waals surface area contributed by atoms with Gasteiger partial charge in [-0.05, 0) is 43.0 Å². The molecule has 0 heterocycles. The van der Waals surface area contributed by atoms with Crippen LogP contribution in [0.1, 0.15) is 41.6 Å². The highest BCUT2D eigenvalue weighted by atomic mass is 32.2. The number of hydrogen-bond acceptors (Lipinski definition) is 4. The van der Waals surface area contributed by atoms with E-state index in [1.54, 1.807) is 7.11 Å². The number of benzene rings is 2. The zero-order chi connectivity index (χ0) is 21.6.